The summed E-state index contributed by atoms with van der Waals surface area (Å²) in [6, 6.07) is 12.1. The summed E-state index contributed by atoms with van der Waals surface area (Å²) in [4.78, 5) is 37.0. The van der Waals surface area contributed by atoms with Gasteiger partial charge in [0, 0.05) is 36.1 Å². The van der Waals surface area contributed by atoms with Crippen LogP contribution in [0.2, 0.25) is 0 Å². The maximum absolute atomic E-state index is 14.0. The van der Waals surface area contributed by atoms with Crippen molar-refractivity contribution in [1.29, 1.82) is 0 Å². The standard InChI is InChI=1S/C29H34N4O4/c1-3-37-21-10-11-24-22(17-21)23-18-29(2)27(35)32(15-14-31-12-5-4-6-13-31)28(36)33(29)26(25(23)30-24)19-8-7-9-20(34)16-19/h7-11,16-17,26,30,34H,3-6,12-15,18H2,1-2H3/t26-,29+/m1/s1. The van der Waals surface area contributed by atoms with Gasteiger partial charge in [0.05, 0.1) is 6.61 Å². The van der Waals surface area contributed by atoms with Crippen molar-refractivity contribution in [2.45, 2.75) is 51.1 Å². The summed E-state index contributed by atoms with van der Waals surface area (Å²) in [6.07, 6.45) is 3.98. The molecule has 0 bridgehead atoms. The molecule has 0 spiro atoms. The third kappa shape index (κ3) is 3.85. The van der Waals surface area contributed by atoms with E-state index < -0.39 is 11.6 Å². The first kappa shape index (κ1) is 23.9. The summed E-state index contributed by atoms with van der Waals surface area (Å²) in [7, 11) is 0. The Hall–Kier alpha value is -3.52. The van der Waals surface area contributed by atoms with E-state index in [-0.39, 0.29) is 17.7 Å². The van der Waals surface area contributed by atoms with Crippen LogP contribution in [0.1, 0.15) is 56.0 Å². The van der Waals surface area contributed by atoms with Crippen LogP contribution in [0, 0.1) is 0 Å². The molecule has 2 fully saturated rings. The molecule has 0 radical (unpaired) electrons. The maximum atomic E-state index is 14.0. The van der Waals surface area contributed by atoms with Crippen LogP contribution in [0.5, 0.6) is 11.5 Å². The van der Waals surface area contributed by atoms with Crippen molar-refractivity contribution < 1.29 is 19.4 Å². The fraction of sp³-hybridized carbons (Fsp3) is 0.448. The minimum absolute atomic E-state index is 0.126. The monoisotopic (exact) mass is 502 g/mol. The van der Waals surface area contributed by atoms with E-state index in [9.17, 15) is 14.7 Å². The highest BCUT2D eigenvalue weighted by atomic mass is 16.5. The lowest BCUT2D eigenvalue weighted by Crippen LogP contribution is -2.53. The van der Waals surface area contributed by atoms with Gasteiger partial charge in [0.1, 0.15) is 23.1 Å². The number of carbonyl (C=O) groups is 2. The topological polar surface area (TPSA) is 89.1 Å². The van der Waals surface area contributed by atoms with Gasteiger partial charge < -0.3 is 19.7 Å². The van der Waals surface area contributed by atoms with Crippen LogP contribution in [-0.4, -0.2) is 75.1 Å². The molecule has 3 aliphatic rings. The number of hydrogen-bond acceptors (Lipinski definition) is 5. The third-order valence-electron chi connectivity index (χ3n) is 8.22. The Morgan fingerprint density at radius 2 is 1.89 bits per heavy atom. The lowest BCUT2D eigenvalue weighted by molar-refractivity contribution is -0.133. The highest BCUT2D eigenvalue weighted by molar-refractivity contribution is 6.08. The average Bonchev–Trinajstić information content (AvgIpc) is 3.33. The number of benzene rings is 2. The van der Waals surface area contributed by atoms with Gasteiger partial charge >= 0.3 is 6.03 Å². The van der Waals surface area contributed by atoms with Gasteiger partial charge in [-0.05, 0) is 81.2 Å². The highest BCUT2D eigenvalue weighted by Gasteiger charge is 2.60. The number of phenols is 1. The Bertz CT molecular complexity index is 1360. The summed E-state index contributed by atoms with van der Waals surface area (Å²) in [6.45, 7) is 7.52. The number of carbonyl (C=O) groups excluding carboxylic acids is 2. The number of H-pyrrole nitrogens is 1. The molecule has 8 nitrogen and oxygen atoms in total. The zero-order valence-electron chi connectivity index (χ0n) is 21.5. The second kappa shape index (κ2) is 9.10. The molecule has 3 aromatic rings. The Kier molecular flexibility index (Phi) is 5.87. The molecule has 6 rings (SSSR count). The van der Waals surface area contributed by atoms with E-state index >= 15 is 0 Å². The zero-order chi connectivity index (χ0) is 25.7. The molecule has 2 aromatic carbocycles. The third-order valence-corrected chi connectivity index (χ3v) is 8.22. The van der Waals surface area contributed by atoms with Crippen LogP contribution < -0.4 is 4.74 Å². The molecule has 3 amide bonds. The predicted octanol–water partition coefficient (Wildman–Crippen LogP) is 4.43. The molecule has 0 unspecified atom stereocenters. The van der Waals surface area contributed by atoms with Crippen LogP contribution in [0.3, 0.4) is 0 Å². The van der Waals surface area contributed by atoms with E-state index in [1.165, 1.54) is 11.3 Å². The number of fused-ring (bicyclic) bond motifs is 4. The number of aromatic hydroxyl groups is 1. The van der Waals surface area contributed by atoms with Crippen LogP contribution in [0.25, 0.3) is 10.9 Å². The van der Waals surface area contributed by atoms with Gasteiger partial charge in [-0.1, -0.05) is 18.6 Å². The Balaban J connectivity index is 1.44. The van der Waals surface area contributed by atoms with Gasteiger partial charge in [-0.3, -0.25) is 14.6 Å². The van der Waals surface area contributed by atoms with Gasteiger partial charge in [0.25, 0.3) is 5.91 Å². The summed E-state index contributed by atoms with van der Waals surface area (Å²) in [5.74, 6) is 0.747. The first-order chi connectivity index (χ1) is 17.9. The zero-order valence-corrected chi connectivity index (χ0v) is 21.5. The molecule has 2 atom stereocenters. The quantitative estimate of drug-likeness (QED) is 0.487. The van der Waals surface area contributed by atoms with Crippen LogP contribution >= 0.6 is 0 Å². The van der Waals surface area contributed by atoms with Crippen molar-refractivity contribution in [3.63, 3.8) is 0 Å². The largest absolute Gasteiger partial charge is 0.508 e. The summed E-state index contributed by atoms with van der Waals surface area (Å²) < 4.78 is 5.77. The van der Waals surface area contributed by atoms with Gasteiger partial charge in [-0.25, -0.2) is 4.79 Å². The minimum atomic E-state index is -1.03. The van der Waals surface area contributed by atoms with E-state index in [4.69, 9.17) is 4.74 Å². The molecule has 0 saturated carbocycles. The number of rotatable bonds is 6. The van der Waals surface area contributed by atoms with Crippen molar-refractivity contribution in [2.75, 3.05) is 32.8 Å². The first-order valence-corrected chi connectivity index (χ1v) is 13.3. The van der Waals surface area contributed by atoms with E-state index in [1.807, 2.05) is 38.1 Å². The van der Waals surface area contributed by atoms with E-state index in [1.54, 1.807) is 23.1 Å². The molecule has 2 N–H and O–H groups in total. The number of nitrogens with zero attached hydrogens (tertiary/aromatic N) is 3. The number of likely N-dealkylation sites (tertiary alicyclic amines) is 1. The second-order valence-corrected chi connectivity index (χ2v) is 10.6. The number of aromatic nitrogens is 1. The van der Waals surface area contributed by atoms with E-state index in [0.29, 0.717) is 26.1 Å². The maximum Gasteiger partial charge on any atom is 0.328 e. The minimum Gasteiger partial charge on any atom is -0.508 e. The molecule has 0 aliphatic carbocycles. The van der Waals surface area contributed by atoms with Crippen molar-refractivity contribution in [1.82, 2.24) is 19.7 Å². The second-order valence-electron chi connectivity index (χ2n) is 10.6. The molecule has 3 aliphatic heterocycles. The Labute approximate surface area is 216 Å². The van der Waals surface area contributed by atoms with Crippen LogP contribution in [0.4, 0.5) is 4.79 Å². The number of amides is 3. The summed E-state index contributed by atoms with van der Waals surface area (Å²) in [5, 5.41) is 11.3. The fourth-order valence-corrected chi connectivity index (χ4v) is 6.41. The van der Waals surface area contributed by atoms with E-state index in [0.717, 1.165) is 59.4 Å². The van der Waals surface area contributed by atoms with Gasteiger partial charge in [0.15, 0.2) is 0 Å². The summed E-state index contributed by atoms with van der Waals surface area (Å²) >= 11 is 0. The number of nitrogens with one attached hydrogen (secondary N) is 1. The first-order valence-electron chi connectivity index (χ1n) is 13.3. The molecular weight excluding hydrogens is 468 g/mol. The molecular formula is C29H34N4O4. The van der Waals surface area contributed by atoms with Crippen molar-refractivity contribution in [3.8, 4) is 11.5 Å². The van der Waals surface area contributed by atoms with Gasteiger partial charge in [-0.2, -0.15) is 0 Å². The smallest absolute Gasteiger partial charge is 0.328 e. The summed E-state index contributed by atoms with van der Waals surface area (Å²) in [5.41, 5.74) is 2.57. The molecule has 4 heterocycles. The lowest BCUT2D eigenvalue weighted by atomic mass is 9.81. The fourth-order valence-electron chi connectivity index (χ4n) is 6.41. The predicted molar refractivity (Wildman–Crippen MR) is 141 cm³/mol. The van der Waals surface area contributed by atoms with Crippen molar-refractivity contribution >= 4 is 22.8 Å². The number of ether oxygens (including phenoxy) is 1. The van der Waals surface area contributed by atoms with Gasteiger partial charge in [0.2, 0.25) is 0 Å². The van der Waals surface area contributed by atoms with E-state index in [2.05, 4.69) is 9.88 Å². The number of urea groups is 1. The normalized spacial score (nSPS) is 24.0. The molecule has 1 aromatic heterocycles. The molecule has 37 heavy (non-hydrogen) atoms. The van der Waals surface area contributed by atoms with Crippen LogP contribution in [0.15, 0.2) is 42.5 Å². The van der Waals surface area contributed by atoms with Crippen LogP contribution in [-0.2, 0) is 11.2 Å². The van der Waals surface area contributed by atoms with Gasteiger partial charge in [-0.15, -0.1) is 0 Å². The number of aromatic amines is 1. The number of imide groups is 1. The lowest BCUT2D eigenvalue weighted by Gasteiger charge is -2.42. The molecule has 194 valence electrons. The average molecular weight is 503 g/mol. The van der Waals surface area contributed by atoms with Crippen molar-refractivity contribution in [3.05, 3.63) is 59.3 Å². The molecule has 2 saturated heterocycles. The Morgan fingerprint density at radius 1 is 1.08 bits per heavy atom. The highest BCUT2D eigenvalue weighted by Crippen LogP contribution is 2.49. The number of hydrogen-bond donors (Lipinski definition) is 2. The Morgan fingerprint density at radius 3 is 2.65 bits per heavy atom. The molecule has 8 heteroatoms. The number of piperidine rings is 1. The van der Waals surface area contributed by atoms with Crippen molar-refractivity contribution in [2.24, 2.45) is 0 Å². The number of phenolic OH excluding ortho intramolecular Hbond substituents is 1. The SMILES string of the molecule is CCOc1ccc2[nH]c3c(c2c1)C[C@@]1(C)C(=O)N(CCN2CCCCC2)C(=O)N1[C@@H]3c1cccc(O)c1.